The molecule has 0 aromatic rings. The molecule has 0 spiro atoms. The number of hydrogen-bond donors (Lipinski definition) is 2. The Kier molecular flexibility index (Phi) is 6.46. The summed E-state index contributed by atoms with van der Waals surface area (Å²) in [5.74, 6) is 0.164. The number of nitrogens with zero attached hydrogens (tertiary/aromatic N) is 1. The van der Waals surface area contributed by atoms with Crippen molar-refractivity contribution in [2.75, 3.05) is 27.2 Å². The number of carbonyl (C=O) groups is 1. The highest BCUT2D eigenvalue weighted by atomic mass is 16.2. The van der Waals surface area contributed by atoms with Crippen molar-refractivity contribution in [2.24, 2.45) is 11.1 Å². The molecule has 0 aromatic heterocycles. The van der Waals surface area contributed by atoms with E-state index in [2.05, 4.69) is 38.2 Å². The lowest BCUT2D eigenvalue weighted by atomic mass is 9.74. The fourth-order valence-corrected chi connectivity index (χ4v) is 3.41. The van der Waals surface area contributed by atoms with Crippen LogP contribution in [0.25, 0.3) is 0 Å². The molecule has 4 heteroatoms. The first-order valence-corrected chi connectivity index (χ1v) is 8.12. The molecule has 0 aromatic carbocycles. The normalized spacial score (nSPS) is 17.9. The second kappa shape index (κ2) is 7.41. The van der Waals surface area contributed by atoms with Crippen molar-refractivity contribution < 1.29 is 4.79 Å². The molecule has 118 valence electrons. The maximum absolute atomic E-state index is 12.7. The van der Waals surface area contributed by atoms with Crippen LogP contribution in [0.4, 0.5) is 0 Å². The van der Waals surface area contributed by atoms with Crippen molar-refractivity contribution in [1.82, 2.24) is 10.2 Å². The minimum atomic E-state index is -0.360. The maximum atomic E-state index is 12.7. The Bertz CT molecular complexity index is 305. The highest BCUT2D eigenvalue weighted by molar-refractivity contribution is 5.83. The van der Waals surface area contributed by atoms with Gasteiger partial charge in [0.05, 0.1) is 5.41 Å². The molecule has 1 rings (SSSR count). The van der Waals surface area contributed by atoms with Gasteiger partial charge in [0, 0.05) is 18.6 Å². The number of likely N-dealkylation sites (N-methyl/N-ethyl adjacent to an activating group) is 1. The van der Waals surface area contributed by atoms with Crippen LogP contribution in [-0.2, 0) is 4.79 Å². The van der Waals surface area contributed by atoms with Crippen LogP contribution in [0.15, 0.2) is 0 Å². The number of nitrogens with one attached hydrogen (secondary N) is 1. The average molecular weight is 283 g/mol. The summed E-state index contributed by atoms with van der Waals surface area (Å²) in [7, 11) is 4.22. The third kappa shape index (κ3) is 3.53. The molecule has 0 aliphatic heterocycles. The van der Waals surface area contributed by atoms with Crippen molar-refractivity contribution in [2.45, 2.75) is 64.3 Å². The van der Waals surface area contributed by atoms with Crippen LogP contribution in [0.5, 0.6) is 0 Å². The Labute approximate surface area is 124 Å². The summed E-state index contributed by atoms with van der Waals surface area (Å²) in [6.45, 7) is 5.46. The molecule has 0 saturated heterocycles. The molecule has 1 amide bonds. The van der Waals surface area contributed by atoms with Crippen molar-refractivity contribution in [1.29, 1.82) is 0 Å². The number of hydrogen-bond acceptors (Lipinski definition) is 3. The molecule has 1 aliphatic carbocycles. The first-order valence-electron chi connectivity index (χ1n) is 8.12. The lowest BCUT2D eigenvalue weighted by Gasteiger charge is -2.48. The minimum Gasteiger partial charge on any atom is -0.354 e. The Morgan fingerprint density at radius 3 is 2.10 bits per heavy atom. The summed E-state index contributed by atoms with van der Waals surface area (Å²) in [5, 5.41) is 3.21. The second-order valence-electron chi connectivity index (χ2n) is 6.64. The van der Waals surface area contributed by atoms with Crippen LogP contribution < -0.4 is 11.1 Å². The molecule has 1 fully saturated rings. The Hall–Kier alpha value is -0.610. The van der Waals surface area contributed by atoms with E-state index in [1.165, 1.54) is 19.3 Å². The number of amides is 1. The number of nitrogens with two attached hydrogens (primary N) is 1. The minimum absolute atomic E-state index is 0.164. The lowest BCUT2D eigenvalue weighted by Crippen LogP contribution is -2.59. The lowest BCUT2D eigenvalue weighted by molar-refractivity contribution is -0.132. The smallest absolute Gasteiger partial charge is 0.227 e. The van der Waals surface area contributed by atoms with E-state index in [0.717, 1.165) is 32.2 Å². The predicted molar refractivity (Wildman–Crippen MR) is 84.6 cm³/mol. The molecule has 0 unspecified atom stereocenters. The maximum Gasteiger partial charge on any atom is 0.227 e. The first kappa shape index (κ1) is 17.4. The molecular formula is C16H33N3O. The first-order chi connectivity index (χ1) is 9.46. The third-order valence-electron chi connectivity index (χ3n) is 5.14. The summed E-state index contributed by atoms with van der Waals surface area (Å²) < 4.78 is 0. The van der Waals surface area contributed by atoms with Crippen LogP contribution in [0.3, 0.4) is 0 Å². The molecule has 4 nitrogen and oxygen atoms in total. The molecular weight excluding hydrogens is 250 g/mol. The van der Waals surface area contributed by atoms with Gasteiger partial charge in [-0.1, -0.05) is 26.7 Å². The Morgan fingerprint density at radius 1 is 1.25 bits per heavy atom. The zero-order valence-electron chi connectivity index (χ0n) is 13.8. The zero-order valence-corrected chi connectivity index (χ0v) is 13.8. The molecule has 0 heterocycles. The Morgan fingerprint density at radius 2 is 1.80 bits per heavy atom. The van der Waals surface area contributed by atoms with Gasteiger partial charge in [0.15, 0.2) is 0 Å². The molecule has 20 heavy (non-hydrogen) atoms. The average Bonchev–Trinajstić information content (AvgIpc) is 2.36. The summed E-state index contributed by atoms with van der Waals surface area (Å²) in [6.07, 6.45) is 7.40. The molecule has 0 radical (unpaired) electrons. The van der Waals surface area contributed by atoms with Crippen LogP contribution in [0.1, 0.15) is 58.8 Å². The summed E-state index contributed by atoms with van der Waals surface area (Å²) in [6, 6.07) is 0. The highest BCUT2D eigenvalue weighted by Gasteiger charge is 2.41. The van der Waals surface area contributed by atoms with Crippen LogP contribution >= 0.6 is 0 Å². The molecule has 3 N–H and O–H groups in total. The zero-order chi connectivity index (χ0) is 15.2. The number of rotatable bonds is 9. The molecule has 1 aliphatic rings. The van der Waals surface area contributed by atoms with Gasteiger partial charge in [-0.25, -0.2) is 0 Å². The third-order valence-corrected chi connectivity index (χ3v) is 5.14. The quantitative estimate of drug-likeness (QED) is 0.681. The largest absolute Gasteiger partial charge is 0.354 e. The molecule has 1 saturated carbocycles. The summed E-state index contributed by atoms with van der Waals surface area (Å²) >= 11 is 0. The van der Waals surface area contributed by atoms with Gasteiger partial charge in [-0.05, 0) is 46.2 Å². The molecule has 0 atom stereocenters. The van der Waals surface area contributed by atoms with Gasteiger partial charge in [-0.3, -0.25) is 4.79 Å². The van der Waals surface area contributed by atoms with Crippen molar-refractivity contribution in [3.8, 4) is 0 Å². The Balaban J connectivity index is 2.66. The standard InChI is InChI=1S/C16H33N3O/c1-5-8-15(12-17,9-6-2)14(20)18-13-16(19(3)4)10-7-11-16/h5-13,17H2,1-4H3,(H,18,20). The van der Waals surface area contributed by atoms with Crippen LogP contribution in [-0.4, -0.2) is 43.5 Å². The summed E-state index contributed by atoms with van der Waals surface area (Å²) in [5.41, 5.74) is 5.77. The van der Waals surface area contributed by atoms with Crippen molar-refractivity contribution in [3.05, 3.63) is 0 Å². The van der Waals surface area contributed by atoms with E-state index in [0.29, 0.717) is 6.54 Å². The summed E-state index contributed by atoms with van der Waals surface area (Å²) in [4.78, 5) is 14.9. The van der Waals surface area contributed by atoms with Gasteiger partial charge in [0.2, 0.25) is 5.91 Å². The van der Waals surface area contributed by atoms with Crippen LogP contribution in [0, 0.1) is 5.41 Å². The fraction of sp³-hybridized carbons (Fsp3) is 0.938. The SMILES string of the molecule is CCCC(CN)(CCC)C(=O)NCC1(N(C)C)CCC1. The van der Waals surface area contributed by atoms with E-state index in [9.17, 15) is 4.79 Å². The van der Waals surface area contributed by atoms with E-state index < -0.39 is 0 Å². The fourth-order valence-electron chi connectivity index (χ4n) is 3.41. The van der Waals surface area contributed by atoms with Gasteiger partial charge in [-0.15, -0.1) is 0 Å². The van der Waals surface area contributed by atoms with Crippen molar-refractivity contribution >= 4 is 5.91 Å². The van der Waals surface area contributed by atoms with E-state index in [1.807, 2.05) is 0 Å². The van der Waals surface area contributed by atoms with E-state index in [4.69, 9.17) is 5.73 Å². The van der Waals surface area contributed by atoms with Gasteiger partial charge in [0.25, 0.3) is 0 Å². The van der Waals surface area contributed by atoms with Gasteiger partial charge >= 0.3 is 0 Å². The van der Waals surface area contributed by atoms with E-state index in [-0.39, 0.29) is 16.9 Å². The van der Waals surface area contributed by atoms with Gasteiger partial charge < -0.3 is 16.0 Å². The predicted octanol–water partition coefficient (Wildman–Crippen LogP) is 2.13. The van der Waals surface area contributed by atoms with Crippen LogP contribution in [0.2, 0.25) is 0 Å². The number of carbonyl (C=O) groups excluding carboxylic acids is 1. The van der Waals surface area contributed by atoms with Gasteiger partial charge in [-0.2, -0.15) is 0 Å². The van der Waals surface area contributed by atoms with E-state index in [1.54, 1.807) is 0 Å². The van der Waals surface area contributed by atoms with E-state index >= 15 is 0 Å². The molecule has 0 bridgehead atoms. The monoisotopic (exact) mass is 283 g/mol. The topological polar surface area (TPSA) is 58.4 Å². The van der Waals surface area contributed by atoms with Crippen molar-refractivity contribution in [3.63, 3.8) is 0 Å². The van der Waals surface area contributed by atoms with Gasteiger partial charge in [0.1, 0.15) is 0 Å². The highest BCUT2D eigenvalue weighted by Crippen LogP contribution is 2.36. The second-order valence-corrected chi connectivity index (χ2v) is 6.64.